The largest absolute Gasteiger partial charge is 0.389 e. The highest BCUT2D eigenvalue weighted by Gasteiger charge is 2.67. The molecule has 0 aliphatic carbocycles. The number of amides is 2. The second-order valence-corrected chi connectivity index (χ2v) is 8.29. The Bertz CT molecular complexity index is 814. The lowest BCUT2D eigenvalue weighted by atomic mass is 9.76. The summed E-state index contributed by atoms with van der Waals surface area (Å²) in [4.78, 5) is 29.5. The van der Waals surface area contributed by atoms with E-state index in [1.165, 1.54) is 11.1 Å². The van der Waals surface area contributed by atoms with E-state index in [0.29, 0.717) is 26.2 Å². The topological polar surface area (TPSA) is 70.1 Å². The van der Waals surface area contributed by atoms with Crippen molar-refractivity contribution in [3.8, 4) is 0 Å². The number of benzene rings is 1. The van der Waals surface area contributed by atoms with Gasteiger partial charge in [0.25, 0.3) is 0 Å². The molecular formula is C21H24N2O4. The van der Waals surface area contributed by atoms with E-state index in [-0.39, 0.29) is 17.9 Å². The summed E-state index contributed by atoms with van der Waals surface area (Å²) in [6.07, 6.45) is 3.96. The summed E-state index contributed by atoms with van der Waals surface area (Å²) in [5.74, 6) is -0.932. The first-order chi connectivity index (χ1) is 13.0. The van der Waals surface area contributed by atoms with E-state index in [1.54, 1.807) is 4.90 Å². The number of aryl methyl sites for hydroxylation is 1. The van der Waals surface area contributed by atoms with Gasteiger partial charge in [-0.3, -0.25) is 9.59 Å². The van der Waals surface area contributed by atoms with Crippen LogP contribution < -0.4 is 0 Å². The number of rotatable bonds is 4. The molecule has 27 heavy (non-hydrogen) atoms. The number of nitrogens with zero attached hydrogens (tertiary/aromatic N) is 2. The van der Waals surface area contributed by atoms with Crippen LogP contribution in [0, 0.1) is 18.8 Å². The molecule has 2 amide bonds. The van der Waals surface area contributed by atoms with Crippen molar-refractivity contribution >= 4 is 11.8 Å². The van der Waals surface area contributed by atoms with Crippen LogP contribution in [0.4, 0.5) is 0 Å². The fraction of sp³-hybridized carbons (Fsp3) is 0.524. The van der Waals surface area contributed by atoms with Gasteiger partial charge in [-0.15, -0.1) is 0 Å². The van der Waals surface area contributed by atoms with Gasteiger partial charge in [-0.25, -0.2) is 0 Å². The van der Waals surface area contributed by atoms with Gasteiger partial charge in [0, 0.05) is 19.6 Å². The van der Waals surface area contributed by atoms with Gasteiger partial charge in [0.15, 0.2) is 0 Å². The first-order valence-electron chi connectivity index (χ1n) is 9.65. The predicted octanol–water partition coefficient (Wildman–Crippen LogP) is 0.523. The quantitative estimate of drug-likeness (QED) is 0.787. The van der Waals surface area contributed by atoms with Gasteiger partial charge in [-0.05, 0) is 18.9 Å². The van der Waals surface area contributed by atoms with Crippen molar-refractivity contribution in [1.82, 2.24) is 9.80 Å². The molecule has 6 nitrogen and oxygen atoms in total. The fourth-order valence-corrected chi connectivity index (χ4v) is 4.91. The van der Waals surface area contributed by atoms with Gasteiger partial charge in [-0.2, -0.15) is 0 Å². The maximum Gasteiger partial charge on any atom is 0.230 e. The zero-order chi connectivity index (χ0) is 18.8. The number of hydrogen-bond donors (Lipinski definition) is 1. The average Bonchev–Trinajstić information content (AvgIpc) is 3.26. The number of ether oxygens (including phenoxy) is 1. The average molecular weight is 368 g/mol. The van der Waals surface area contributed by atoms with Gasteiger partial charge >= 0.3 is 0 Å². The minimum absolute atomic E-state index is 0.0217. The molecule has 0 saturated carbocycles. The smallest absolute Gasteiger partial charge is 0.230 e. The molecule has 0 unspecified atom stereocenters. The number of aliphatic hydroxyl groups excluding tert-OH is 1. The maximum absolute atomic E-state index is 13.1. The Morgan fingerprint density at radius 3 is 2.74 bits per heavy atom. The summed E-state index contributed by atoms with van der Waals surface area (Å²) in [7, 11) is 0. The number of likely N-dealkylation sites (tertiary alicyclic amines) is 2. The molecule has 1 aromatic rings. The zero-order valence-electron chi connectivity index (χ0n) is 15.4. The van der Waals surface area contributed by atoms with Crippen molar-refractivity contribution in [2.45, 2.75) is 31.2 Å². The zero-order valence-corrected chi connectivity index (χ0v) is 15.4. The summed E-state index contributed by atoms with van der Waals surface area (Å²) < 4.78 is 6.15. The van der Waals surface area contributed by atoms with Crippen LogP contribution in [0.2, 0.25) is 0 Å². The Kier molecular flexibility index (Phi) is 3.71. The van der Waals surface area contributed by atoms with E-state index >= 15 is 0 Å². The lowest BCUT2D eigenvalue weighted by Crippen LogP contribution is -2.57. The highest BCUT2D eigenvalue weighted by molar-refractivity contribution is 5.93. The third-order valence-corrected chi connectivity index (χ3v) is 6.43. The lowest BCUT2D eigenvalue weighted by Gasteiger charge is -2.39. The molecule has 0 radical (unpaired) electrons. The number of β-amino-alcohol motifs (C(OH)–C–C–N with tert-alkyl or cyclic N) is 1. The Hall–Kier alpha value is -2.18. The van der Waals surface area contributed by atoms with Crippen molar-refractivity contribution in [3.05, 3.63) is 47.5 Å². The van der Waals surface area contributed by atoms with Crippen LogP contribution in [0.1, 0.15) is 11.1 Å². The van der Waals surface area contributed by atoms with E-state index in [1.807, 2.05) is 17.1 Å². The molecule has 3 fully saturated rings. The molecule has 3 saturated heterocycles. The normalized spacial score (nSPS) is 34.3. The molecule has 4 atom stereocenters. The van der Waals surface area contributed by atoms with Crippen LogP contribution in [0.3, 0.4) is 0 Å². The number of aliphatic hydroxyl groups is 1. The Morgan fingerprint density at radius 2 is 2.04 bits per heavy atom. The van der Waals surface area contributed by atoms with Gasteiger partial charge in [0.1, 0.15) is 5.60 Å². The molecule has 5 rings (SSSR count). The molecule has 4 aliphatic heterocycles. The monoisotopic (exact) mass is 368 g/mol. The summed E-state index contributed by atoms with van der Waals surface area (Å²) in [6.45, 7) is 3.92. The van der Waals surface area contributed by atoms with Crippen LogP contribution in [0.5, 0.6) is 0 Å². The van der Waals surface area contributed by atoms with E-state index in [0.717, 1.165) is 6.42 Å². The molecule has 1 aromatic carbocycles. The molecule has 142 valence electrons. The van der Waals surface area contributed by atoms with Crippen molar-refractivity contribution in [1.29, 1.82) is 0 Å². The van der Waals surface area contributed by atoms with Crippen molar-refractivity contribution in [2.75, 3.05) is 26.2 Å². The summed E-state index contributed by atoms with van der Waals surface area (Å²) in [5, 5.41) is 9.50. The second-order valence-electron chi connectivity index (χ2n) is 8.29. The molecule has 4 heterocycles. The van der Waals surface area contributed by atoms with Crippen molar-refractivity contribution < 1.29 is 19.4 Å². The number of carbonyl (C=O) groups is 2. The molecule has 1 N–H and O–H groups in total. The highest BCUT2D eigenvalue weighted by atomic mass is 16.5. The van der Waals surface area contributed by atoms with Crippen LogP contribution in [-0.2, 0) is 20.7 Å². The second kappa shape index (κ2) is 5.91. The van der Waals surface area contributed by atoms with Gasteiger partial charge in [0.2, 0.25) is 11.8 Å². The molecule has 6 heteroatoms. The number of fused-ring (bicyclic) bond motifs is 1. The lowest BCUT2D eigenvalue weighted by molar-refractivity contribution is -0.151. The molecule has 2 bridgehead atoms. The third-order valence-electron chi connectivity index (χ3n) is 6.43. The van der Waals surface area contributed by atoms with E-state index in [9.17, 15) is 14.7 Å². The first-order valence-corrected chi connectivity index (χ1v) is 9.65. The first kappa shape index (κ1) is 17.0. The Morgan fingerprint density at radius 1 is 1.30 bits per heavy atom. The SMILES string of the molecule is Cc1ccc(CCN2C[C@]34C=C[C@H](O3)[C@@H](C(=O)N3CC(O)C3)[C@@H]4C2=O)cc1. The van der Waals surface area contributed by atoms with Crippen LogP contribution in [0.25, 0.3) is 0 Å². The predicted molar refractivity (Wildman–Crippen MR) is 97.8 cm³/mol. The van der Waals surface area contributed by atoms with Gasteiger partial charge < -0.3 is 19.6 Å². The molecule has 0 aromatic heterocycles. The standard InChI is InChI=1S/C21H24N2O4/c1-13-2-4-14(5-3-13)7-9-22-12-21-8-6-16(27-21)17(18(21)20(22)26)19(25)23-10-15(24)11-23/h2-6,8,15-18,24H,7,9-12H2,1H3/t16-,17+,18+,21-/m0/s1. The molecule has 4 aliphatic rings. The van der Waals surface area contributed by atoms with Gasteiger partial charge in [0.05, 0.1) is 30.6 Å². The van der Waals surface area contributed by atoms with Crippen LogP contribution >= 0.6 is 0 Å². The van der Waals surface area contributed by atoms with Crippen LogP contribution in [-0.4, -0.2) is 70.7 Å². The van der Waals surface area contributed by atoms with E-state index in [4.69, 9.17) is 4.74 Å². The number of hydrogen-bond acceptors (Lipinski definition) is 4. The van der Waals surface area contributed by atoms with Crippen molar-refractivity contribution in [2.24, 2.45) is 11.8 Å². The summed E-state index contributed by atoms with van der Waals surface area (Å²) in [5.41, 5.74) is 1.77. The van der Waals surface area contributed by atoms with Gasteiger partial charge in [-0.1, -0.05) is 42.0 Å². The molecular weight excluding hydrogens is 344 g/mol. The highest BCUT2D eigenvalue weighted by Crippen LogP contribution is 2.52. The van der Waals surface area contributed by atoms with Crippen molar-refractivity contribution in [3.63, 3.8) is 0 Å². The van der Waals surface area contributed by atoms with Crippen LogP contribution in [0.15, 0.2) is 36.4 Å². The van der Waals surface area contributed by atoms with E-state index in [2.05, 4.69) is 31.2 Å². The Balaban J connectivity index is 1.32. The third kappa shape index (κ3) is 2.54. The molecule has 1 spiro atoms. The summed E-state index contributed by atoms with van der Waals surface area (Å²) in [6, 6.07) is 8.35. The Labute approximate surface area is 158 Å². The maximum atomic E-state index is 13.1. The minimum atomic E-state index is -0.654. The minimum Gasteiger partial charge on any atom is -0.389 e. The number of carbonyl (C=O) groups excluding carboxylic acids is 2. The fourth-order valence-electron chi connectivity index (χ4n) is 4.91. The van der Waals surface area contributed by atoms with E-state index < -0.39 is 23.5 Å². The summed E-state index contributed by atoms with van der Waals surface area (Å²) >= 11 is 0.